The molecule has 3 aromatic rings. The number of amides is 2. The SMILES string of the molecule is CN(C)C(=O)COc1ccc(NC(=O)c2ccccc2SCc2cccs2)cc1. The summed E-state index contributed by atoms with van der Waals surface area (Å²) in [5.41, 5.74) is 1.31. The summed E-state index contributed by atoms with van der Waals surface area (Å²) in [4.78, 5) is 28.0. The Kier molecular flexibility index (Phi) is 7.32. The van der Waals surface area contributed by atoms with E-state index in [9.17, 15) is 9.59 Å². The summed E-state index contributed by atoms with van der Waals surface area (Å²) in [5.74, 6) is 1.14. The van der Waals surface area contributed by atoms with Crippen molar-refractivity contribution < 1.29 is 14.3 Å². The largest absolute Gasteiger partial charge is 0.484 e. The highest BCUT2D eigenvalue weighted by atomic mass is 32.2. The first-order chi connectivity index (χ1) is 14.0. The summed E-state index contributed by atoms with van der Waals surface area (Å²) in [6.45, 7) is -0.0203. The molecule has 0 saturated heterocycles. The van der Waals surface area contributed by atoms with Gasteiger partial charge in [0.15, 0.2) is 6.61 Å². The molecule has 1 heterocycles. The van der Waals surface area contributed by atoms with Crippen LogP contribution in [0.25, 0.3) is 0 Å². The monoisotopic (exact) mass is 426 g/mol. The maximum atomic E-state index is 12.8. The topological polar surface area (TPSA) is 58.6 Å². The van der Waals surface area contributed by atoms with Crippen LogP contribution in [0.4, 0.5) is 5.69 Å². The van der Waals surface area contributed by atoms with E-state index in [1.54, 1.807) is 61.5 Å². The minimum Gasteiger partial charge on any atom is -0.484 e. The van der Waals surface area contributed by atoms with Gasteiger partial charge in [0.05, 0.1) is 5.56 Å². The number of hydrogen-bond acceptors (Lipinski definition) is 5. The standard InChI is InChI=1S/C22H22N2O3S2/c1-24(2)21(25)14-27-17-11-9-16(10-12-17)23-22(26)19-7-3-4-8-20(19)29-15-18-6-5-13-28-18/h3-13H,14-15H2,1-2H3,(H,23,26). The Bertz CT molecular complexity index is 954. The number of thiophene rings is 1. The van der Waals surface area contributed by atoms with E-state index in [1.807, 2.05) is 30.3 Å². The molecule has 0 fully saturated rings. The van der Waals surface area contributed by atoms with Crippen molar-refractivity contribution in [2.75, 3.05) is 26.0 Å². The zero-order valence-electron chi connectivity index (χ0n) is 16.3. The van der Waals surface area contributed by atoms with Crippen molar-refractivity contribution in [3.8, 4) is 5.75 Å². The lowest BCUT2D eigenvalue weighted by atomic mass is 10.2. The molecule has 150 valence electrons. The molecule has 0 atom stereocenters. The molecule has 7 heteroatoms. The first-order valence-electron chi connectivity index (χ1n) is 9.01. The quantitative estimate of drug-likeness (QED) is 0.528. The summed E-state index contributed by atoms with van der Waals surface area (Å²) < 4.78 is 5.45. The third-order valence-corrected chi connectivity index (χ3v) is 6.24. The smallest absolute Gasteiger partial charge is 0.259 e. The van der Waals surface area contributed by atoms with Crippen LogP contribution in [0.5, 0.6) is 5.75 Å². The van der Waals surface area contributed by atoms with Gasteiger partial charge in [-0.05, 0) is 47.8 Å². The number of likely N-dealkylation sites (N-methyl/N-ethyl adjacent to an activating group) is 1. The Morgan fingerprint density at radius 2 is 1.79 bits per heavy atom. The lowest BCUT2D eigenvalue weighted by Gasteiger charge is -2.12. The summed E-state index contributed by atoms with van der Waals surface area (Å²) in [6.07, 6.45) is 0. The Morgan fingerprint density at radius 3 is 2.48 bits per heavy atom. The zero-order chi connectivity index (χ0) is 20.6. The lowest BCUT2D eigenvalue weighted by molar-refractivity contribution is -0.130. The molecule has 0 aliphatic heterocycles. The molecule has 0 bridgehead atoms. The number of rotatable bonds is 8. The minimum absolute atomic E-state index is 0.0203. The molecule has 0 saturated carbocycles. The van der Waals surface area contributed by atoms with Crippen LogP contribution in [0.1, 0.15) is 15.2 Å². The molecule has 2 aromatic carbocycles. The van der Waals surface area contributed by atoms with Gasteiger partial charge in [-0.15, -0.1) is 23.1 Å². The Labute approximate surface area is 178 Å². The second-order valence-electron chi connectivity index (χ2n) is 6.42. The first kappa shape index (κ1) is 21.0. The summed E-state index contributed by atoms with van der Waals surface area (Å²) in [6, 6.07) is 18.7. The molecular weight excluding hydrogens is 404 g/mol. The van der Waals surface area contributed by atoms with Gasteiger partial charge >= 0.3 is 0 Å². The van der Waals surface area contributed by atoms with Gasteiger partial charge in [-0.3, -0.25) is 9.59 Å². The fraction of sp³-hybridized carbons (Fsp3) is 0.182. The number of nitrogens with zero attached hydrogens (tertiary/aromatic N) is 1. The number of nitrogens with one attached hydrogen (secondary N) is 1. The summed E-state index contributed by atoms with van der Waals surface area (Å²) in [7, 11) is 3.36. The van der Waals surface area contributed by atoms with E-state index in [0.29, 0.717) is 17.0 Å². The molecule has 29 heavy (non-hydrogen) atoms. The molecule has 0 unspecified atom stereocenters. The van der Waals surface area contributed by atoms with Gasteiger partial charge in [0.1, 0.15) is 5.75 Å². The highest BCUT2D eigenvalue weighted by Crippen LogP contribution is 2.28. The molecule has 1 aromatic heterocycles. The molecule has 1 N–H and O–H groups in total. The fourth-order valence-corrected chi connectivity index (χ4v) is 4.25. The van der Waals surface area contributed by atoms with Gasteiger partial charge in [-0.1, -0.05) is 18.2 Å². The van der Waals surface area contributed by atoms with Crippen LogP contribution in [-0.2, 0) is 10.5 Å². The average Bonchev–Trinajstić information content (AvgIpc) is 3.25. The Hall–Kier alpha value is -2.77. The maximum absolute atomic E-state index is 12.8. The van der Waals surface area contributed by atoms with Crippen LogP contribution < -0.4 is 10.1 Å². The highest BCUT2D eigenvalue weighted by molar-refractivity contribution is 7.98. The van der Waals surface area contributed by atoms with Gasteiger partial charge in [0, 0.05) is 35.3 Å². The van der Waals surface area contributed by atoms with Crippen molar-refractivity contribution in [2.24, 2.45) is 0 Å². The predicted octanol–water partition coefficient (Wildman–Crippen LogP) is 4.76. The molecule has 3 rings (SSSR count). The van der Waals surface area contributed by atoms with E-state index >= 15 is 0 Å². The van der Waals surface area contributed by atoms with Crippen LogP contribution in [0.2, 0.25) is 0 Å². The van der Waals surface area contributed by atoms with Gasteiger partial charge < -0.3 is 15.0 Å². The van der Waals surface area contributed by atoms with Crippen LogP contribution in [-0.4, -0.2) is 37.4 Å². The van der Waals surface area contributed by atoms with Gasteiger partial charge in [0.2, 0.25) is 0 Å². The van der Waals surface area contributed by atoms with E-state index in [1.165, 1.54) is 9.78 Å². The van der Waals surface area contributed by atoms with Crippen molar-refractivity contribution >= 4 is 40.6 Å². The van der Waals surface area contributed by atoms with E-state index in [0.717, 1.165) is 10.6 Å². The van der Waals surface area contributed by atoms with Crippen LogP contribution >= 0.6 is 23.1 Å². The number of ether oxygens (including phenoxy) is 1. The third-order valence-electron chi connectivity index (χ3n) is 4.06. The third kappa shape index (κ3) is 6.10. The average molecular weight is 427 g/mol. The number of benzene rings is 2. The second kappa shape index (κ2) is 10.1. The van der Waals surface area contributed by atoms with Crippen molar-refractivity contribution in [1.29, 1.82) is 0 Å². The van der Waals surface area contributed by atoms with Crippen LogP contribution in [0.3, 0.4) is 0 Å². The molecule has 2 amide bonds. The van der Waals surface area contributed by atoms with E-state index in [-0.39, 0.29) is 18.4 Å². The van der Waals surface area contributed by atoms with Crippen LogP contribution in [0, 0.1) is 0 Å². The van der Waals surface area contributed by atoms with E-state index < -0.39 is 0 Å². The van der Waals surface area contributed by atoms with E-state index in [4.69, 9.17) is 4.74 Å². The van der Waals surface area contributed by atoms with Gasteiger partial charge in [0.25, 0.3) is 11.8 Å². The molecule has 0 spiro atoms. The van der Waals surface area contributed by atoms with Crippen molar-refractivity contribution in [1.82, 2.24) is 4.90 Å². The van der Waals surface area contributed by atoms with E-state index in [2.05, 4.69) is 16.8 Å². The number of carbonyl (C=O) groups excluding carboxylic acids is 2. The molecule has 0 aliphatic carbocycles. The summed E-state index contributed by atoms with van der Waals surface area (Å²) in [5, 5.41) is 4.98. The number of thioether (sulfide) groups is 1. The van der Waals surface area contributed by atoms with Crippen molar-refractivity contribution in [3.05, 3.63) is 76.5 Å². The van der Waals surface area contributed by atoms with Gasteiger partial charge in [-0.2, -0.15) is 0 Å². The maximum Gasteiger partial charge on any atom is 0.259 e. The van der Waals surface area contributed by atoms with Crippen molar-refractivity contribution in [2.45, 2.75) is 10.6 Å². The molecule has 0 aliphatic rings. The zero-order valence-corrected chi connectivity index (χ0v) is 17.9. The summed E-state index contributed by atoms with van der Waals surface area (Å²) >= 11 is 3.36. The first-order valence-corrected chi connectivity index (χ1v) is 10.9. The number of hydrogen-bond donors (Lipinski definition) is 1. The lowest BCUT2D eigenvalue weighted by Crippen LogP contribution is -2.27. The highest BCUT2D eigenvalue weighted by Gasteiger charge is 2.12. The minimum atomic E-state index is -0.157. The van der Waals surface area contributed by atoms with Crippen molar-refractivity contribution in [3.63, 3.8) is 0 Å². The predicted molar refractivity (Wildman–Crippen MR) is 119 cm³/mol. The molecular formula is C22H22N2O3S2. The Balaban J connectivity index is 1.60. The number of anilines is 1. The Morgan fingerprint density at radius 1 is 1.03 bits per heavy atom. The molecule has 5 nitrogen and oxygen atoms in total. The van der Waals surface area contributed by atoms with Crippen LogP contribution in [0.15, 0.2) is 70.9 Å². The molecule has 0 radical (unpaired) electrons. The van der Waals surface area contributed by atoms with Gasteiger partial charge in [-0.25, -0.2) is 0 Å². The second-order valence-corrected chi connectivity index (χ2v) is 8.47. The fourth-order valence-electron chi connectivity index (χ4n) is 2.43. The number of carbonyl (C=O) groups is 2. The normalized spacial score (nSPS) is 10.4.